The second-order valence-electron chi connectivity index (χ2n) is 5.21. The van der Waals surface area contributed by atoms with Crippen LogP contribution in [0.5, 0.6) is 0 Å². The monoisotopic (exact) mass is 314 g/mol. The maximum Gasteiger partial charge on any atom is 0.222 e. The molecule has 2 amide bonds. The highest BCUT2D eigenvalue weighted by atomic mass is 16.2. The van der Waals surface area contributed by atoms with E-state index in [9.17, 15) is 9.59 Å². The van der Waals surface area contributed by atoms with Gasteiger partial charge in [-0.15, -0.1) is 0 Å². The highest BCUT2D eigenvalue weighted by Gasteiger charge is 2.25. The molecule has 2 atom stereocenters. The molecule has 2 fully saturated rings. The third-order valence-electron chi connectivity index (χ3n) is 4.21. The zero-order chi connectivity index (χ0) is 17.7. The number of amides is 2. The van der Waals surface area contributed by atoms with Gasteiger partial charge in [-0.1, -0.05) is 41.5 Å². The van der Waals surface area contributed by atoms with Gasteiger partial charge in [-0.05, 0) is 25.7 Å². The lowest BCUT2D eigenvalue weighted by Gasteiger charge is -2.16. The van der Waals surface area contributed by atoms with Gasteiger partial charge < -0.3 is 9.80 Å². The molecule has 0 aromatic carbocycles. The van der Waals surface area contributed by atoms with E-state index < -0.39 is 0 Å². The minimum atomic E-state index is 0.307. The first kappa shape index (κ1) is 23.2. The van der Waals surface area contributed by atoms with Gasteiger partial charge in [0.2, 0.25) is 11.8 Å². The van der Waals surface area contributed by atoms with Gasteiger partial charge in [-0.3, -0.25) is 9.59 Å². The Bertz CT molecular complexity index is 275. The Morgan fingerprint density at radius 1 is 0.773 bits per heavy atom. The van der Waals surface area contributed by atoms with Crippen LogP contribution >= 0.6 is 0 Å². The van der Waals surface area contributed by atoms with Crippen LogP contribution in [-0.4, -0.2) is 47.8 Å². The highest BCUT2D eigenvalue weighted by Crippen LogP contribution is 2.18. The molecular weight excluding hydrogens is 276 g/mol. The fourth-order valence-corrected chi connectivity index (χ4v) is 2.68. The molecule has 0 N–H and O–H groups in total. The Kier molecular flexibility index (Phi) is 14.3. The number of hydrogen-bond donors (Lipinski definition) is 0. The topological polar surface area (TPSA) is 40.6 Å². The fourth-order valence-electron chi connectivity index (χ4n) is 2.68. The molecule has 132 valence electrons. The van der Waals surface area contributed by atoms with Crippen molar-refractivity contribution < 1.29 is 9.59 Å². The molecule has 0 saturated carbocycles. The molecule has 2 aliphatic rings. The van der Waals surface area contributed by atoms with Crippen LogP contribution in [0, 0.1) is 0 Å². The number of rotatable bonds is 2. The van der Waals surface area contributed by atoms with E-state index in [0.717, 1.165) is 38.5 Å². The summed E-state index contributed by atoms with van der Waals surface area (Å²) in [6, 6.07) is 1.05. The molecule has 0 aromatic heterocycles. The average molecular weight is 315 g/mol. The second-order valence-corrected chi connectivity index (χ2v) is 5.21. The summed E-state index contributed by atoms with van der Waals surface area (Å²) in [6.45, 7) is 12.2. The predicted octanol–water partition coefficient (Wildman–Crippen LogP) is 4.09. The molecule has 2 heterocycles. The van der Waals surface area contributed by atoms with E-state index in [4.69, 9.17) is 0 Å². The van der Waals surface area contributed by atoms with E-state index >= 15 is 0 Å². The SMILES string of the molecule is CC.CC.CCC1CCC(=O)N1C.CC[C@@H]1CCC(=O)N1C. The van der Waals surface area contributed by atoms with Crippen molar-refractivity contribution in [1.82, 2.24) is 9.80 Å². The summed E-state index contributed by atoms with van der Waals surface area (Å²) >= 11 is 0. The third-order valence-corrected chi connectivity index (χ3v) is 4.21. The molecule has 2 rings (SSSR count). The van der Waals surface area contributed by atoms with E-state index in [1.54, 1.807) is 0 Å². The van der Waals surface area contributed by atoms with E-state index in [1.807, 2.05) is 51.6 Å². The molecule has 0 radical (unpaired) electrons. The summed E-state index contributed by atoms with van der Waals surface area (Å²) < 4.78 is 0. The normalized spacial score (nSPS) is 23.1. The van der Waals surface area contributed by atoms with E-state index in [1.165, 1.54) is 0 Å². The number of nitrogens with zero attached hydrogens (tertiary/aromatic N) is 2. The molecule has 0 aliphatic carbocycles. The Hall–Kier alpha value is -1.06. The average Bonchev–Trinajstić information content (AvgIpc) is 3.07. The molecule has 1 unspecified atom stereocenters. The van der Waals surface area contributed by atoms with Gasteiger partial charge in [0, 0.05) is 39.0 Å². The standard InChI is InChI=1S/2C7H13NO.2C2H6/c2*1-3-6-4-5-7(9)8(6)2;2*1-2/h2*6H,3-5H2,1-2H3;2*1-2H3/t6-;;;/m1.../s1. The Labute approximate surface area is 138 Å². The van der Waals surface area contributed by atoms with Gasteiger partial charge in [0.25, 0.3) is 0 Å². The minimum Gasteiger partial charge on any atom is -0.343 e. The lowest BCUT2D eigenvalue weighted by Crippen LogP contribution is -2.27. The fraction of sp³-hybridized carbons (Fsp3) is 0.889. The molecule has 4 nitrogen and oxygen atoms in total. The first-order valence-corrected chi connectivity index (χ1v) is 9.02. The van der Waals surface area contributed by atoms with Crippen molar-refractivity contribution in [3.8, 4) is 0 Å². The zero-order valence-corrected chi connectivity index (χ0v) is 16.1. The van der Waals surface area contributed by atoms with Crippen molar-refractivity contribution in [1.29, 1.82) is 0 Å². The van der Waals surface area contributed by atoms with Gasteiger partial charge in [-0.25, -0.2) is 0 Å². The van der Waals surface area contributed by atoms with Crippen LogP contribution in [0.2, 0.25) is 0 Å². The van der Waals surface area contributed by atoms with Gasteiger partial charge in [-0.2, -0.15) is 0 Å². The van der Waals surface area contributed by atoms with Crippen LogP contribution in [0.25, 0.3) is 0 Å². The first-order chi connectivity index (χ1) is 10.5. The smallest absolute Gasteiger partial charge is 0.222 e. The maximum atomic E-state index is 10.9. The largest absolute Gasteiger partial charge is 0.343 e. The number of likely N-dealkylation sites (tertiary alicyclic amines) is 2. The van der Waals surface area contributed by atoms with Crippen LogP contribution < -0.4 is 0 Å². The van der Waals surface area contributed by atoms with Crippen molar-refractivity contribution in [2.24, 2.45) is 0 Å². The molecule has 2 aliphatic heterocycles. The number of hydrogen-bond acceptors (Lipinski definition) is 2. The summed E-state index contributed by atoms with van der Waals surface area (Å²) in [6.07, 6.45) is 5.84. The first-order valence-electron chi connectivity index (χ1n) is 9.02. The Balaban J connectivity index is 0. The third kappa shape index (κ3) is 7.28. The number of carbonyl (C=O) groups is 2. The van der Waals surface area contributed by atoms with Crippen LogP contribution in [-0.2, 0) is 9.59 Å². The van der Waals surface area contributed by atoms with Gasteiger partial charge in [0.15, 0.2) is 0 Å². The van der Waals surface area contributed by atoms with Gasteiger partial charge >= 0.3 is 0 Å². The molecular formula is C18H38N2O2. The predicted molar refractivity (Wildman–Crippen MR) is 94.9 cm³/mol. The van der Waals surface area contributed by atoms with Gasteiger partial charge in [0.05, 0.1) is 0 Å². The minimum absolute atomic E-state index is 0.307. The highest BCUT2D eigenvalue weighted by molar-refractivity contribution is 5.78. The molecule has 22 heavy (non-hydrogen) atoms. The summed E-state index contributed by atoms with van der Waals surface area (Å²) in [5.74, 6) is 0.615. The molecule has 0 spiro atoms. The zero-order valence-electron chi connectivity index (χ0n) is 16.1. The van der Waals surface area contributed by atoms with Crippen LogP contribution in [0.1, 0.15) is 80.1 Å². The Morgan fingerprint density at radius 3 is 1.14 bits per heavy atom. The van der Waals surface area contributed by atoms with E-state index in [0.29, 0.717) is 23.9 Å². The van der Waals surface area contributed by atoms with E-state index in [2.05, 4.69) is 13.8 Å². The van der Waals surface area contributed by atoms with Crippen LogP contribution in [0.3, 0.4) is 0 Å². The summed E-state index contributed by atoms with van der Waals surface area (Å²) in [4.78, 5) is 25.5. The van der Waals surface area contributed by atoms with Crippen molar-refractivity contribution in [2.45, 2.75) is 92.2 Å². The molecule has 2 saturated heterocycles. The lowest BCUT2D eigenvalue weighted by molar-refractivity contribution is -0.128. The van der Waals surface area contributed by atoms with Crippen molar-refractivity contribution in [3.05, 3.63) is 0 Å². The molecule has 0 aromatic rings. The number of carbonyl (C=O) groups excluding carboxylic acids is 2. The molecule has 4 heteroatoms. The lowest BCUT2D eigenvalue weighted by atomic mass is 10.2. The summed E-state index contributed by atoms with van der Waals surface area (Å²) in [5, 5.41) is 0. The van der Waals surface area contributed by atoms with Crippen molar-refractivity contribution in [3.63, 3.8) is 0 Å². The summed E-state index contributed by atoms with van der Waals surface area (Å²) in [5.41, 5.74) is 0. The Morgan fingerprint density at radius 2 is 1.05 bits per heavy atom. The second kappa shape index (κ2) is 13.6. The van der Waals surface area contributed by atoms with Crippen LogP contribution in [0.4, 0.5) is 0 Å². The summed E-state index contributed by atoms with van der Waals surface area (Å²) in [7, 11) is 3.78. The molecule has 0 bridgehead atoms. The maximum absolute atomic E-state index is 10.9. The van der Waals surface area contributed by atoms with Gasteiger partial charge in [0.1, 0.15) is 0 Å². The van der Waals surface area contributed by atoms with Crippen LogP contribution in [0.15, 0.2) is 0 Å². The van der Waals surface area contributed by atoms with E-state index in [-0.39, 0.29) is 0 Å². The van der Waals surface area contributed by atoms with Crippen molar-refractivity contribution >= 4 is 11.8 Å². The quantitative estimate of drug-likeness (QED) is 0.770. The van der Waals surface area contributed by atoms with Crippen molar-refractivity contribution in [2.75, 3.05) is 14.1 Å².